The quantitative estimate of drug-likeness (QED) is 0.751. The van der Waals surface area contributed by atoms with E-state index in [4.69, 9.17) is 5.11 Å². The van der Waals surface area contributed by atoms with Crippen LogP contribution in [0.2, 0.25) is 0 Å². The molecule has 0 amide bonds. The fourth-order valence-electron chi connectivity index (χ4n) is 1.04. The number of hydrogen-bond donors (Lipinski definition) is 1. The van der Waals surface area contributed by atoms with Crippen molar-refractivity contribution in [3.8, 4) is 0 Å². The Morgan fingerprint density at radius 2 is 1.31 bits per heavy atom. The minimum Gasteiger partial charge on any atom is -0.379 e. The van der Waals surface area contributed by atoms with E-state index in [1.165, 1.54) is 0 Å². The van der Waals surface area contributed by atoms with E-state index in [1.807, 2.05) is 0 Å². The molecule has 0 radical (unpaired) electrons. The maximum absolute atomic E-state index is 12.1. The van der Waals surface area contributed by atoms with Gasteiger partial charge in [-0.3, -0.25) is 0 Å². The van der Waals surface area contributed by atoms with Gasteiger partial charge in [0.05, 0.1) is 5.56 Å². The lowest BCUT2D eigenvalue weighted by Gasteiger charge is -2.15. The zero-order valence-corrected chi connectivity index (χ0v) is 7.60. The van der Waals surface area contributed by atoms with Gasteiger partial charge >= 0.3 is 12.4 Å². The maximum atomic E-state index is 12.1. The normalized spacial score (nSPS) is 14.9. The molecule has 0 bridgehead atoms. The molecule has 0 aliphatic rings. The molecule has 0 heterocycles. The molecule has 0 aliphatic heterocycles. The van der Waals surface area contributed by atoms with Crippen molar-refractivity contribution in [3.05, 3.63) is 35.4 Å². The number of hydrogen-bond acceptors (Lipinski definition) is 1. The van der Waals surface area contributed by atoms with Gasteiger partial charge in [0.25, 0.3) is 0 Å². The van der Waals surface area contributed by atoms with Gasteiger partial charge in [-0.2, -0.15) is 26.3 Å². The first-order valence-electron chi connectivity index (χ1n) is 4.04. The van der Waals surface area contributed by atoms with Crippen LogP contribution in [0.5, 0.6) is 0 Å². The monoisotopic (exact) mass is 244 g/mol. The third kappa shape index (κ3) is 2.88. The van der Waals surface area contributed by atoms with Crippen LogP contribution in [0.15, 0.2) is 24.3 Å². The van der Waals surface area contributed by atoms with Crippen LogP contribution in [0, 0.1) is 0 Å². The lowest BCUT2D eigenvalue weighted by Crippen LogP contribution is -2.20. The Balaban J connectivity index is 2.96. The van der Waals surface area contributed by atoms with Crippen LogP contribution >= 0.6 is 0 Å². The van der Waals surface area contributed by atoms with Crippen molar-refractivity contribution in [2.75, 3.05) is 0 Å². The number of benzene rings is 1. The van der Waals surface area contributed by atoms with Crippen molar-refractivity contribution in [2.24, 2.45) is 0 Å². The van der Waals surface area contributed by atoms with Gasteiger partial charge < -0.3 is 5.11 Å². The second-order valence-electron chi connectivity index (χ2n) is 3.06. The molecule has 1 aromatic rings. The van der Waals surface area contributed by atoms with Crippen molar-refractivity contribution in [3.63, 3.8) is 0 Å². The van der Waals surface area contributed by atoms with Crippen LogP contribution in [-0.4, -0.2) is 11.3 Å². The Hall–Kier alpha value is -1.24. The first kappa shape index (κ1) is 12.8. The first-order chi connectivity index (χ1) is 7.12. The Kier molecular flexibility index (Phi) is 3.18. The summed E-state index contributed by atoms with van der Waals surface area (Å²) in [6, 6.07) is 2.18. The van der Waals surface area contributed by atoms with E-state index in [0.29, 0.717) is 24.3 Å². The largest absolute Gasteiger partial charge is 0.418 e. The second-order valence-corrected chi connectivity index (χ2v) is 3.06. The summed E-state index contributed by atoms with van der Waals surface area (Å²) in [6.45, 7) is 0. The zero-order valence-electron chi connectivity index (χ0n) is 7.60. The van der Waals surface area contributed by atoms with E-state index in [2.05, 4.69) is 0 Å². The van der Waals surface area contributed by atoms with Gasteiger partial charge in [-0.25, -0.2) is 0 Å². The van der Waals surface area contributed by atoms with Gasteiger partial charge in [0.15, 0.2) is 6.10 Å². The van der Waals surface area contributed by atoms with Gasteiger partial charge in [-0.05, 0) is 17.7 Å². The lowest BCUT2D eigenvalue weighted by atomic mass is 10.1. The van der Waals surface area contributed by atoms with Crippen LogP contribution in [0.25, 0.3) is 0 Å². The van der Waals surface area contributed by atoms with Gasteiger partial charge in [0.1, 0.15) is 0 Å². The highest BCUT2D eigenvalue weighted by atomic mass is 19.4. The minimum atomic E-state index is -4.89. The molecule has 1 N–H and O–H groups in total. The molecule has 0 saturated heterocycles. The van der Waals surface area contributed by atoms with Crippen molar-refractivity contribution in [1.82, 2.24) is 0 Å². The summed E-state index contributed by atoms with van der Waals surface area (Å²) in [7, 11) is 0. The number of halogens is 6. The molecule has 16 heavy (non-hydrogen) atoms. The summed E-state index contributed by atoms with van der Waals surface area (Å²) in [5, 5.41) is 8.74. The van der Waals surface area contributed by atoms with Crippen molar-refractivity contribution >= 4 is 0 Å². The smallest absolute Gasteiger partial charge is 0.379 e. The van der Waals surface area contributed by atoms with E-state index in [9.17, 15) is 26.3 Å². The molecule has 0 saturated carbocycles. The number of alkyl halides is 6. The third-order valence-electron chi connectivity index (χ3n) is 1.86. The molecule has 1 nitrogen and oxygen atoms in total. The highest BCUT2D eigenvalue weighted by Crippen LogP contribution is 2.34. The fourth-order valence-corrected chi connectivity index (χ4v) is 1.04. The Bertz CT molecular complexity index is 350. The third-order valence-corrected chi connectivity index (χ3v) is 1.86. The number of aliphatic hydroxyl groups excluding tert-OH is 1. The number of rotatable bonds is 1. The molecule has 0 aromatic heterocycles. The van der Waals surface area contributed by atoms with Crippen LogP contribution in [0.3, 0.4) is 0 Å². The van der Waals surface area contributed by atoms with Gasteiger partial charge in [-0.1, -0.05) is 12.1 Å². The Morgan fingerprint density at radius 1 is 0.875 bits per heavy atom. The Morgan fingerprint density at radius 3 is 1.62 bits per heavy atom. The van der Waals surface area contributed by atoms with E-state index in [1.54, 1.807) is 0 Å². The maximum Gasteiger partial charge on any atom is 0.418 e. The van der Waals surface area contributed by atoms with E-state index in [0.717, 1.165) is 0 Å². The minimum absolute atomic E-state index is 0.490. The van der Waals surface area contributed by atoms with E-state index >= 15 is 0 Å². The highest BCUT2D eigenvalue weighted by Gasteiger charge is 2.39. The summed E-state index contributed by atoms with van der Waals surface area (Å²) >= 11 is 0. The standard InChI is InChI=1S/C9H6F6O/c10-8(11,12)6-3-1-5(2-4-6)7(16)9(13,14)15/h1-4,7,16H/t7-/m1/s1. The summed E-state index contributed by atoms with van der Waals surface area (Å²) in [4.78, 5) is 0. The molecular weight excluding hydrogens is 238 g/mol. The summed E-state index contributed by atoms with van der Waals surface area (Å²) < 4.78 is 72.2. The second kappa shape index (κ2) is 3.97. The molecule has 0 unspecified atom stereocenters. The average molecular weight is 244 g/mol. The lowest BCUT2D eigenvalue weighted by molar-refractivity contribution is -0.206. The molecule has 90 valence electrons. The van der Waals surface area contributed by atoms with Crippen molar-refractivity contribution in [1.29, 1.82) is 0 Å². The molecule has 7 heteroatoms. The molecular formula is C9H6F6O. The zero-order chi connectivity index (χ0) is 12.6. The highest BCUT2D eigenvalue weighted by molar-refractivity contribution is 5.26. The molecule has 0 aliphatic carbocycles. The summed E-state index contributed by atoms with van der Waals surface area (Å²) in [5.41, 5.74) is -1.69. The SMILES string of the molecule is O[C@H](c1ccc(C(F)(F)F)cc1)C(F)(F)F. The predicted octanol–water partition coefficient (Wildman–Crippen LogP) is 3.30. The van der Waals surface area contributed by atoms with Crippen molar-refractivity contribution < 1.29 is 31.4 Å². The summed E-state index contributed by atoms with van der Waals surface area (Å²) in [6.07, 6.45) is -12.3. The van der Waals surface area contributed by atoms with Crippen LogP contribution in [0.4, 0.5) is 26.3 Å². The predicted molar refractivity (Wildman–Crippen MR) is 42.5 cm³/mol. The van der Waals surface area contributed by atoms with E-state index in [-0.39, 0.29) is 0 Å². The van der Waals surface area contributed by atoms with Gasteiger partial charge in [0, 0.05) is 0 Å². The van der Waals surface area contributed by atoms with Gasteiger partial charge in [0.2, 0.25) is 0 Å². The molecule has 0 fully saturated rings. The van der Waals surface area contributed by atoms with Crippen LogP contribution in [0.1, 0.15) is 17.2 Å². The van der Waals surface area contributed by atoms with Crippen molar-refractivity contribution in [2.45, 2.75) is 18.5 Å². The molecule has 1 aromatic carbocycles. The average Bonchev–Trinajstić information content (AvgIpc) is 2.14. The topological polar surface area (TPSA) is 20.2 Å². The van der Waals surface area contributed by atoms with Crippen LogP contribution < -0.4 is 0 Å². The number of aliphatic hydroxyl groups is 1. The molecule has 0 spiro atoms. The molecule has 1 rings (SSSR count). The summed E-state index contributed by atoms with van der Waals surface area (Å²) in [5.74, 6) is 0. The first-order valence-corrected chi connectivity index (χ1v) is 4.04. The fraction of sp³-hybridized carbons (Fsp3) is 0.333. The molecule has 1 atom stereocenters. The van der Waals surface area contributed by atoms with Gasteiger partial charge in [-0.15, -0.1) is 0 Å². The van der Waals surface area contributed by atoms with E-state index < -0.39 is 29.6 Å². The van der Waals surface area contributed by atoms with Crippen LogP contribution in [-0.2, 0) is 6.18 Å². The Labute approximate surface area is 86.3 Å².